The first-order chi connectivity index (χ1) is 10.1. The zero-order valence-electron chi connectivity index (χ0n) is 11.1. The van der Waals surface area contributed by atoms with Gasteiger partial charge in [0, 0.05) is 11.8 Å². The molecule has 1 aromatic carbocycles. The summed E-state index contributed by atoms with van der Waals surface area (Å²) in [5.41, 5.74) is 1.14. The topological polar surface area (TPSA) is 99.9 Å². The smallest absolute Gasteiger partial charge is 0.335 e. The van der Waals surface area contributed by atoms with Crippen molar-refractivity contribution >= 4 is 5.97 Å². The number of nitrogens with zero attached hydrogens (tertiary/aromatic N) is 1. The minimum Gasteiger partial charge on any atom is -0.487 e. The van der Waals surface area contributed by atoms with Gasteiger partial charge in [0.25, 0.3) is 0 Å². The first kappa shape index (κ1) is 15.0. The van der Waals surface area contributed by atoms with Crippen LogP contribution < -0.4 is 4.74 Å². The van der Waals surface area contributed by atoms with E-state index in [4.69, 9.17) is 9.84 Å². The van der Waals surface area contributed by atoms with Gasteiger partial charge in [0.15, 0.2) is 6.10 Å². The maximum absolute atomic E-state index is 10.6. The predicted molar refractivity (Wildman–Crippen MR) is 73.6 cm³/mol. The molecule has 0 amide bonds. The third-order valence-corrected chi connectivity index (χ3v) is 2.88. The second kappa shape index (κ2) is 6.83. The number of aliphatic hydroxyl groups is 2. The Labute approximate surface area is 121 Å². The van der Waals surface area contributed by atoms with Gasteiger partial charge in [-0.3, -0.25) is 4.98 Å². The number of hydrogen-bond donors (Lipinski definition) is 3. The van der Waals surface area contributed by atoms with Crippen LogP contribution in [0.3, 0.4) is 0 Å². The molecule has 6 nitrogen and oxygen atoms in total. The van der Waals surface area contributed by atoms with Gasteiger partial charge < -0.3 is 20.1 Å². The van der Waals surface area contributed by atoms with E-state index in [0.29, 0.717) is 12.4 Å². The SMILES string of the molecule is O=C(O)C(O)C(O)c1cncc(OCc2ccccc2)c1. The Morgan fingerprint density at radius 1 is 1.19 bits per heavy atom. The number of hydrogen-bond acceptors (Lipinski definition) is 5. The van der Waals surface area contributed by atoms with Gasteiger partial charge in [-0.2, -0.15) is 0 Å². The molecule has 0 fully saturated rings. The molecule has 1 heterocycles. The summed E-state index contributed by atoms with van der Waals surface area (Å²) in [7, 11) is 0. The Morgan fingerprint density at radius 2 is 1.90 bits per heavy atom. The number of carboxylic acids is 1. The predicted octanol–water partition coefficient (Wildman–Crippen LogP) is 1.14. The highest BCUT2D eigenvalue weighted by atomic mass is 16.5. The Kier molecular flexibility index (Phi) is 4.86. The summed E-state index contributed by atoms with van der Waals surface area (Å²) in [6, 6.07) is 10.9. The Balaban J connectivity index is 2.05. The molecule has 3 N–H and O–H groups in total. The molecule has 0 spiro atoms. The molecular formula is C15H15NO5. The summed E-state index contributed by atoms with van der Waals surface area (Å²) in [6.07, 6.45) is -0.732. The molecule has 0 radical (unpaired) electrons. The molecule has 110 valence electrons. The third kappa shape index (κ3) is 4.01. The van der Waals surface area contributed by atoms with Crippen LogP contribution in [0.4, 0.5) is 0 Å². The lowest BCUT2D eigenvalue weighted by Gasteiger charge is -2.15. The van der Waals surface area contributed by atoms with E-state index in [1.807, 2.05) is 30.3 Å². The van der Waals surface area contributed by atoms with Crippen LogP contribution in [-0.4, -0.2) is 32.4 Å². The van der Waals surface area contributed by atoms with E-state index in [1.54, 1.807) is 0 Å². The van der Waals surface area contributed by atoms with Crippen LogP contribution in [0.2, 0.25) is 0 Å². The lowest BCUT2D eigenvalue weighted by molar-refractivity contribution is -0.153. The number of benzene rings is 1. The van der Waals surface area contributed by atoms with Gasteiger partial charge in [-0.05, 0) is 11.6 Å². The van der Waals surface area contributed by atoms with Crippen molar-refractivity contribution in [3.8, 4) is 5.75 Å². The van der Waals surface area contributed by atoms with Crippen molar-refractivity contribution in [2.24, 2.45) is 0 Å². The van der Waals surface area contributed by atoms with E-state index < -0.39 is 18.2 Å². The van der Waals surface area contributed by atoms with Gasteiger partial charge in [-0.15, -0.1) is 0 Å². The van der Waals surface area contributed by atoms with Crippen molar-refractivity contribution in [1.82, 2.24) is 4.98 Å². The normalized spacial score (nSPS) is 13.4. The number of aliphatic hydroxyl groups excluding tert-OH is 2. The number of ether oxygens (including phenoxy) is 1. The average molecular weight is 289 g/mol. The fourth-order valence-corrected chi connectivity index (χ4v) is 1.73. The molecule has 2 rings (SSSR count). The summed E-state index contributed by atoms with van der Waals surface area (Å²) in [5.74, 6) is -1.12. The quantitative estimate of drug-likeness (QED) is 0.737. The van der Waals surface area contributed by atoms with Crippen LogP contribution in [0.25, 0.3) is 0 Å². The zero-order chi connectivity index (χ0) is 15.2. The highest BCUT2D eigenvalue weighted by Gasteiger charge is 2.25. The molecule has 1 aromatic heterocycles. The molecule has 2 aromatic rings. The molecule has 0 aliphatic rings. The van der Waals surface area contributed by atoms with Crippen molar-refractivity contribution in [3.05, 3.63) is 59.9 Å². The standard InChI is InChI=1S/C15H15NO5/c17-13(14(18)15(19)20)11-6-12(8-16-7-11)21-9-10-4-2-1-3-5-10/h1-8,13-14,17-18H,9H2,(H,19,20). The van der Waals surface area contributed by atoms with Crippen molar-refractivity contribution < 1.29 is 24.9 Å². The molecule has 2 unspecified atom stereocenters. The highest BCUT2D eigenvalue weighted by Crippen LogP contribution is 2.21. The van der Waals surface area contributed by atoms with Crippen molar-refractivity contribution in [3.63, 3.8) is 0 Å². The minimum atomic E-state index is -1.91. The Morgan fingerprint density at radius 3 is 2.57 bits per heavy atom. The van der Waals surface area contributed by atoms with Gasteiger partial charge in [0.05, 0.1) is 6.20 Å². The van der Waals surface area contributed by atoms with Crippen molar-refractivity contribution in [2.45, 2.75) is 18.8 Å². The summed E-state index contributed by atoms with van der Waals surface area (Å²) in [6.45, 7) is 0.323. The molecule has 0 aliphatic heterocycles. The summed E-state index contributed by atoms with van der Waals surface area (Å²) in [5, 5.41) is 27.7. The van der Waals surface area contributed by atoms with Gasteiger partial charge in [-0.1, -0.05) is 30.3 Å². The fraction of sp³-hybridized carbons (Fsp3) is 0.200. The van der Waals surface area contributed by atoms with E-state index in [9.17, 15) is 15.0 Å². The molecule has 0 saturated heterocycles. The first-order valence-corrected chi connectivity index (χ1v) is 6.28. The molecule has 0 saturated carbocycles. The van der Waals surface area contributed by atoms with Crippen LogP contribution >= 0.6 is 0 Å². The maximum atomic E-state index is 10.6. The largest absolute Gasteiger partial charge is 0.487 e. The van der Waals surface area contributed by atoms with Crippen LogP contribution in [0.15, 0.2) is 48.8 Å². The Bertz CT molecular complexity index is 602. The van der Waals surface area contributed by atoms with E-state index in [-0.39, 0.29) is 5.56 Å². The molecular weight excluding hydrogens is 274 g/mol. The first-order valence-electron chi connectivity index (χ1n) is 6.28. The van der Waals surface area contributed by atoms with Gasteiger partial charge in [-0.25, -0.2) is 4.79 Å². The molecule has 21 heavy (non-hydrogen) atoms. The fourth-order valence-electron chi connectivity index (χ4n) is 1.73. The van der Waals surface area contributed by atoms with Crippen LogP contribution in [-0.2, 0) is 11.4 Å². The van der Waals surface area contributed by atoms with Crippen LogP contribution in [0.1, 0.15) is 17.2 Å². The lowest BCUT2D eigenvalue weighted by atomic mass is 10.1. The number of aliphatic carboxylic acids is 1. The lowest BCUT2D eigenvalue weighted by Crippen LogP contribution is -2.27. The van der Waals surface area contributed by atoms with Crippen LogP contribution in [0.5, 0.6) is 5.75 Å². The molecule has 2 atom stereocenters. The molecule has 0 aliphatic carbocycles. The van der Waals surface area contributed by atoms with Gasteiger partial charge in [0.2, 0.25) is 0 Å². The highest BCUT2D eigenvalue weighted by molar-refractivity contribution is 5.73. The molecule has 0 bridgehead atoms. The number of pyridine rings is 1. The summed E-state index contributed by atoms with van der Waals surface area (Å²) in [4.78, 5) is 14.5. The average Bonchev–Trinajstić information content (AvgIpc) is 2.52. The summed E-state index contributed by atoms with van der Waals surface area (Å²) >= 11 is 0. The second-order valence-electron chi connectivity index (χ2n) is 4.46. The zero-order valence-corrected chi connectivity index (χ0v) is 11.1. The third-order valence-electron chi connectivity index (χ3n) is 2.88. The van der Waals surface area contributed by atoms with E-state index in [1.165, 1.54) is 18.5 Å². The molecule has 6 heteroatoms. The number of carbonyl (C=O) groups is 1. The Hall–Kier alpha value is -2.44. The minimum absolute atomic E-state index is 0.176. The maximum Gasteiger partial charge on any atom is 0.335 e. The monoisotopic (exact) mass is 289 g/mol. The number of carboxylic acid groups (broad SMARTS) is 1. The summed E-state index contributed by atoms with van der Waals surface area (Å²) < 4.78 is 5.52. The van der Waals surface area contributed by atoms with Gasteiger partial charge >= 0.3 is 5.97 Å². The van der Waals surface area contributed by atoms with Crippen molar-refractivity contribution in [1.29, 1.82) is 0 Å². The van der Waals surface area contributed by atoms with E-state index in [2.05, 4.69) is 4.98 Å². The van der Waals surface area contributed by atoms with E-state index >= 15 is 0 Å². The number of aromatic nitrogens is 1. The van der Waals surface area contributed by atoms with Crippen LogP contribution in [0, 0.1) is 0 Å². The van der Waals surface area contributed by atoms with E-state index in [0.717, 1.165) is 5.56 Å². The van der Waals surface area contributed by atoms with Crippen molar-refractivity contribution in [2.75, 3.05) is 0 Å². The second-order valence-corrected chi connectivity index (χ2v) is 4.46. The number of rotatable bonds is 6. The van der Waals surface area contributed by atoms with Gasteiger partial charge in [0.1, 0.15) is 18.5 Å².